The Morgan fingerprint density at radius 3 is 2.12 bits per heavy atom. The summed E-state index contributed by atoms with van der Waals surface area (Å²) >= 11 is 0. The molecule has 5 nitrogen and oxygen atoms in total. The molecule has 96 valence electrons. The van der Waals surface area contributed by atoms with Crippen LogP contribution < -0.4 is 11.1 Å². The number of hydrogen-bond acceptors (Lipinski definition) is 4. The summed E-state index contributed by atoms with van der Waals surface area (Å²) < 4.78 is 22.9. The van der Waals surface area contributed by atoms with E-state index in [0.29, 0.717) is 0 Å². The van der Waals surface area contributed by atoms with Crippen LogP contribution in [0.3, 0.4) is 0 Å². The Hall–Kier alpha value is -0.620. The average Bonchev–Trinajstić information content (AvgIpc) is 1.98. The quantitative estimate of drug-likeness (QED) is 0.689. The van der Waals surface area contributed by atoms with Gasteiger partial charge in [-0.1, -0.05) is 13.8 Å². The first-order valence-corrected chi connectivity index (χ1v) is 7.21. The minimum Gasteiger partial charge on any atom is -0.353 e. The summed E-state index contributed by atoms with van der Waals surface area (Å²) in [7, 11) is -3.39. The molecule has 0 aliphatic carbocycles. The summed E-state index contributed by atoms with van der Waals surface area (Å²) in [6, 6.07) is -0.474. The highest BCUT2D eigenvalue weighted by Gasteiger charge is 2.20. The maximum absolute atomic E-state index is 11.5. The van der Waals surface area contributed by atoms with Crippen LogP contribution in [0.15, 0.2) is 0 Å². The van der Waals surface area contributed by atoms with Crippen LogP contribution in [0.5, 0.6) is 0 Å². The van der Waals surface area contributed by atoms with Gasteiger partial charge >= 0.3 is 0 Å². The van der Waals surface area contributed by atoms with E-state index in [1.54, 1.807) is 6.92 Å². The second kappa shape index (κ2) is 6.20. The first-order valence-electron chi connectivity index (χ1n) is 5.39. The van der Waals surface area contributed by atoms with Crippen LogP contribution in [0.1, 0.15) is 27.7 Å². The summed E-state index contributed by atoms with van der Waals surface area (Å²) in [4.78, 5) is 11.4. The van der Waals surface area contributed by atoms with E-state index in [1.165, 1.54) is 0 Å². The molecule has 0 aromatic heterocycles. The molecule has 0 radical (unpaired) electrons. The van der Waals surface area contributed by atoms with E-state index in [4.69, 9.17) is 5.73 Å². The summed E-state index contributed by atoms with van der Waals surface area (Å²) in [5.41, 5.74) is 5.39. The second-order valence-corrected chi connectivity index (χ2v) is 6.74. The van der Waals surface area contributed by atoms with Crippen LogP contribution in [0, 0.1) is 5.92 Å². The number of nitrogens with one attached hydrogen (secondary N) is 1. The highest BCUT2D eigenvalue weighted by molar-refractivity contribution is 7.92. The summed E-state index contributed by atoms with van der Waals surface area (Å²) in [5, 5.41) is 2.65. The Morgan fingerprint density at radius 1 is 1.25 bits per heavy atom. The molecule has 0 aliphatic rings. The van der Waals surface area contributed by atoms with Gasteiger partial charge in [-0.05, 0) is 19.8 Å². The van der Waals surface area contributed by atoms with E-state index in [9.17, 15) is 13.2 Å². The van der Waals surface area contributed by atoms with Crippen molar-refractivity contribution in [2.75, 3.05) is 11.5 Å². The van der Waals surface area contributed by atoms with E-state index in [-0.39, 0.29) is 17.7 Å². The first-order chi connectivity index (χ1) is 7.14. The van der Waals surface area contributed by atoms with Crippen molar-refractivity contribution in [2.45, 2.75) is 39.8 Å². The Bertz CT molecular complexity index is 323. The molecule has 0 heterocycles. The fourth-order valence-electron chi connectivity index (χ4n) is 1.12. The normalized spacial score (nSPS) is 15.9. The van der Waals surface area contributed by atoms with Gasteiger partial charge in [-0.15, -0.1) is 0 Å². The molecule has 1 amide bonds. The minimum absolute atomic E-state index is 0.0296. The van der Waals surface area contributed by atoms with Crippen molar-refractivity contribution in [3.05, 3.63) is 0 Å². The minimum atomic E-state index is -3.39. The van der Waals surface area contributed by atoms with Crippen molar-refractivity contribution in [3.63, 3.8) is 0 Å². The first kappa shape index (κ1) is 15.4. The van der Waals surface area contributed by atoms with Crippen LogP contribution in [0.2, 0.25) is 0 Å². The van der Waals surface area contributed by atoms with E-state index in [1.807, 2.05) is 20.8 Å². The van der Waals surface area contributed by atoms with Crippen LogP contribution in [-0.2, 0) is 14.6 Å². The molecule has 16 heavy (non-hydrogen) atoms. The van der Waals surface area contributed by atoms with E-state index >= 15 is 0 Å². The van der Waals surface area contributed by atoms with Crippen molar-refractivity contribution in [3.8, 4) is 0 Å². The van der Waals surface area contributed by atoms with Crippen molar-refractivity contribution in [1.82, 2.24) is 5.32 Å². The average molecular weight is 250 g/mol. The maximum Gasteiger partial charge on any atom is 0.235 e. The van der Waals surface area contributed by atoms with Crippen LogP contribution in [-0.4, -0.2) is 37.9 Å². The molecule has 0 aromatic rings. The number of sulfone groups is 1. The summed E-state index contributed by atoms with van der Waals surface area (Å²) in [6.45, 7) is 7.37. The van der Waals surface area contributed by atoms with Crippen molar-refractivity contribution < 1.29 is 13.2 Å². The SMILES string of the molecule is CC(N)CS(=O)(=O)CC(=O)NC(C)C(C)C. The molecular formula is C10H22N2O3S. The molecule has 6 heteroatoms. The third kappa shape index (κ3) is 6.79. The molecule has 0 aromatic carbocycles. The number of hydrogen-bond donors (Lipinski definition) is 2. The molecule has 0 fully saturated rings. The lowest BCUT2D eigenvalue weighted by atomic mass is 10.1. The van der Waals surface area contributed by atoms with Crippen LogP contribution in [0.4, 0.5) is 0 Å². The Kier molecular flexibility index (Phi) is 5.96. The van der Waals surface area contributed by atoms with Crippen LogP contribution >= 0.6 is 0 Å². The predicted molar refractivity (Wildman–Crippen MR) is 64.7 cm³/mol. The van der Waals surface area contributed by atoms with Gasteiger partial charge < -0.3 is 11.1 Å². The monoisotopic (exact) mass is 250 g/mol. The van der Waals surface area contributed by atoms with Crippen LogP contribution in [0.25, 0.3) is 0 Å². The predicted octanol–water partition coefficient (Wildman–Crippen LogP) is -0.0909. The van der Waals surface area contributed by atoms with E-state index < -0.39 is 27.5 Å². The fourth-order valence-corrected chi connectivity index (χ4v) is 2.52. The zero-order valence-electron chi connectivity index (χ0n) is 10.4. The third-order valence-electron chi connectivity index (χ3n) is 2.26. The standard InChI is InChI=1S/C10H22N2O3S/c1-7(2)9(4)12-10(13)6-16(14,15)5-8(3)11/h7-9H,5-6,11H2,1-4H3,(H,12,13). The van der Waals surface area contributed by atoms with E-state index in [2.05, 4.69) is 5.32 Å². The Labute approximate surface area is 97.7 Å². The Balaban J connectivity index is 4.25. The molecular weight excluding hydrogens is 228 g/mol. The Morgan fingerprint density at radius 2 is 1.75 bits per heavy atom. The van der Waals surface area contributed by atoms with Crippen molar-refractivity contribution in [2.24, 2.45) is 11.7 Å². The summed E-state index contributed by atoms with van der Waals surface area (Å²) in [5.74, 6) is -0.816. The molecule has 2 unspecified atom stereocenters. The largest absolute Gasteiger partial charge is 0.353 e. The molecule has 0 rings (SSSR count). The molecule has 0 spiro atoms. The zero-order valence-corrected chi connectivity index (χ0v) is 11.2. The van der Waals surface area contributed by atoms with Gasteiger partial charge in [0.2, 0.25) is 5.91 Å². The molecule has 0 aliphatic heterocycles. The molecule has 2 atom stereocenters. The van der Waals surface area contributed by atoms with Gasteiger partial charge in [-0.2, -0.15) is 0 Å². The zero-order chi connectivity index (χ0) is 12.9. The third-order valence-corrected chi connectivity index (χ3v) is 3.99. The van der Waals surface area contributed by atoms with Crippen molar-refractivity contribution >= 4 is 15.7 Å². The highest BCUT2D eigenvalue weighted by atomic mass is 32.2. The van der Waals surface area contributed by atoms with Gasteiger partial charge in [-0.3, -0.25) is 4.79 Å². The number of nitrogens with two attached hydrogens (primary N) is 1. The number of rotatable bonds is 6. The summed E-state index contributed by atoms with van der Waals surface area (Å²) in [6.07, 6.45) is 0. The smallest absolute Gasteiger partial charge is 0.235 e. The number of carbonyl (C=O) groups is 1. The molecule has 0 saturated carbocycles. The van der Waals surface area contributed by atoms with Gasteiger partial charge in [0.15, 0.2) is 9.84 Å². The lowest BCUT2D eigenvalue weighted by molar-refractivity contribution is -0.119. The van der Waals surface area contributed by atoms with Gasteiger partial charge in [0.05, 0.1) is 5.75 Å². The maximum atomic E-state index is 11.5. The highest BCUT2D eigenvalue weighted by Crippen LogP contribution is 2.00. The van der Waals surface area contributed by atoms with Gasteiger partial charge in [-0.25, -0.2) is 8.42 Å². The number of amides is 1. The van der Waals surface area contributed by atoms with Gasteiger partial charge in [0, 0.05) is 12.1 Å². The molecule has 0 bridgehead atoms. The lowest BCUT2D eigenvalue weighted by Crippen LogP contribution is -2.41. The van der Waals surface area contributed by atoms with Gasteiger partial charge in [0.1, 0.15) is 5.75 Å². The van der Waals surface area contributed by atoms with E-state index in [0.717, 1.165) is 0 Å². The number of carbonyl (C=O) groups excluding carboxylic acids is 1. The molecule has 3 N–H and O–H groups in total. The second-order valence-electron chi connectivity index (χ2n) is 4.63. The molecule has 0 saturated heterocycles. The lowest BCUT2D eigenvalue weighted by Gasteiger charge is -2.17. The topological polar surface area (TPSA) is 89.3 Å². The van der Waals surface area contributed by atoms with Crippen molar-refractivity contribution in [1.29, 1.82) is 0 Å². The fraction of sp³-hybridized carbons (Fsp3) is 0.900. The van der Waals surface area contributed by atoms with Gasteiger partial charge in [0.25, 0.3) is 0 Å².